The second kappa shape index (κ2) is 11.6. The molecule has 2 aliphatic rings. The van der Waals surface area contributed by atoms with Gasteiger partial charge in [0.25, 0.3) is 0 Å². The summed E-state index contributed by atoms with van der Waals surface area (Å²) in [4.78, 5) is 25.7. The first-order chi connectivity index (χ1) is 18.4. The highest BCUT2D eigenvalue weighted by Gasteiger charge is 2.38. The van der Waals surface area contributed by atoms with E-state index in [-0.39, 0.29) is 35.8 Å². The van der Waals surface area contributed by atoms with Gasteiger partial charge in [0.05, 0.1) is 18.2 Å². The molecule has 0 bridgehead atoms. The van der Waals surface area contributed by atoms with Crippen molar-refractivity contribution >= 4 is 17.7 Å². The number of esters is 1. The summed E-state index contributed by atoms with van der Waals surface area (Å²) in [6, 6.07) is 1.26. The van der Waals surface area contributed by atoms with E-state index in [0.29, 0.717) is 31.2 Å². The van der Waals surface area contributed by atoms with Crippen molar-refractivity contribution in [1.82, 2.24) is 15.3 Å². The molecular weight excluding hydrogens is 528 g/mol. The third-order valence-corrected chi connectivity index (χ3v) is 7.20. The number of piperidine rings is 1. The molecule has 4 rings (SSSR count). The average molecular weight is 560 g/mol. The molecule has 2 saturated heterocycles. The molecule has 13 heteroatoms. The predicted octanol–water partition coefficient (Wildman–Crippen LogP) is 5.44. The summed E-state index contributed by atoms with van der Waals surface area (Å²) in [6.07, 6.45) is -3.97. The molecule has 0 amide bonds. The smallest absolute Gasteiger partial charge is 0.416 e. The van der Waals surface area contributed by atoms with E-state index < -0.39 is 29.4 Å². The molecule has 7 nitrogen and oxygen atoms in total. The van der Waals surface area contributed by atoms with Crippen LogP contribution in [-0.4, -0.2) is 54.8 Å². The number of halogens is 6. The minimum atomic E-state index is -4.91. The van der Waals surface area contributed by atoms with Crippen LogP contribution in [-0.2, 0) is 23.6 Å². The number of alkyl halides is 6. The summed E-state index contributed by atoms with van der Waals surface area (Å²) >= 11 is 0. The van der Waals surface area contributed by atoms with Gasteiger partial charge in [-0.15, -0.1) is 0 Å². The largest absolute Gasteiger partial charge is 0.465 e. The number of carbonyl (C=O) groups excluding carboxylic acids is 1. The number of nitrogens with one attached hydrogen (secondary N) is 1. The molecule has 0 saturated carbocycles. The van der Waals surface area contributed by atoms with Crippen LogP contribution >= 0.6 is 0 Å². The van der Waals surface area contributed by atoms with Crippen LogP contribution in [0.3, 0.4) is 0 Å². The fraction of sp³-hybridized carbons (Fsp3) is 0.577. The Morgan fingerprint density at radius 3 is 2.26 bits per heavy atom. The van der Waals surface area contributed by atoms with Gasteiger partial charge < -0.3 is 19.9 Å². The standard InChI is InChI=1S/C26H31F6N5O2/c1-3-20-12-19(33-13-16-9-17(25(27,28)29)11-18(10-16)26(30,31)32)15-37(20)22-21(23(38)39-2)14-34-24(35-22)36-7-5-4-6-8-36/h9-11,14,19-20,33H,3-8,12-13,15H2,1-2H3/t19-,20?/m0/s1. The van der Waals surface area contributed by atoms with E-state index in [1.807, 2.05) is 11.8 Å². The van der Waals surface area contributed by atoms with Crippen molar-refractivity contribution in [2.24, 2.45) is 0 Å². The maximum absolute atomic E-state index is 13.3. The topological polar surface area (TPSA) is 70.6 Å². The molecule has 214 valence electrons. The fourth-order valence-corrected chi connectivity index (χ4v) is 5.18. The van der Waals surface area contributed by atoms with Gasteiger partial charge >= 0.3 is 18.3 Å². The van der Waals surface area contributed by atoms with Crippen LogP contribution < -0.4 is 15.1 Å². The summed E-state index contributed by atoms with van der Waals surface area (Å²) < 4.78 is 84.5. The number of hydrogen-bond donors (Lipinski definition) is 1. The number of aromatic nitrogens is 2. The van der Waals surface area contributed by atoms with Crippen LogP contribution in [0.25, 0.3) is 0 Å². The summed E-state index contributed by atoms with van der Waals surface area (Å²) in [5.74, 6) is 0.323. The van der Waals surface area contributed by atoms with Crippen LogP contribution in [0.2, 0.25) is 0 Å². The highest BCUT2D eigenvalue weighted by molar-refractivity contribution is 5.94. The summed E-state index contributed by atoms with van der Waals surface area (Å²) in [5, 5.41) is 3.11. The monoisotopic (exact) mass is 559 g/mol. The van der Waals surface area contributed by atoms with E-state index in [1.54, 1.807) is 0 Å². The molecule has 0 aliphatic carbocycles. The van der Waals surface area contributed by atoms with Gasteiger partial charge in [0.15, 0.2) is 0 Å². The zero-order valence-corrected chi connectivity index (χ0v) is 21.7. The van der Waals surface area contributed by atoms with Crippen molar-refractivity contribution < 1.29 is 35.9 Å². The number of ether oxygens (including phenoxy) is 1. The van der Waals surface area contributed by atoms with Crippen molar-refractivity contribution in [2.75, 3.05) is 36.5 Å². The van der Waals surface area contributed by atoms with E-state index in [1.165, 1.54) is 13.3 Å². The molecule has 39 heavy (non-hydrogen) atoms. The van der Waals surface area contributed by atoms with E-state index in [9.17, 15) is 31.1 Å². The lowest BCUT2D eigenvalue weighted by molar-refractivity contribution is -0.143. The molecule has 1 unspecified atom stereocenters. The van der Waals surface area contributed by atoms with E-state index in [2.05, 4.69) is 15.2 Å². The number of nitrogens with zero attached hydrogens (tertiary/aromatic N) is 4. The zero-order chi connectivity index (χ0) is 28.4. The Labute approximate surface area is 222 Å². The Balaban J connectivity index is 1.57. The minimum absolute atomic E-state index is 0.0674. The van der Waals surface area contributed by atoms with Crippen molar-refractivity contribution in [2.45, 2.75) is 70.0 Å². The molecule has 2 fully saturated rings. The first kappa shape index (κ1) is 28.9. The number of anilines is 2. The van der Waals surface area contributed by atoms with Gasteiger partial charge in [-0.25, -0.2) is 9.78 Å². The van der Waals surface area contributed by atoms with Crippen molar-refractivity contribution in [3.05, 3.63) is 46.6 Å². The Morgan fingerprint density at radius 1 is 1.05 bits per heavy atom. The Morgan fingerprint density at radius 2 is 1.69 bits per heavy atom. The lowest BCUT2D eigenvalue weighted by Gasteiger charge is -2.30. The Kier molecular flexibility index (Phi) is 8.57. The molecule has 2 aromatic rings. The lowest BCUT2D eigenvalue weighted by Crippen LogP contribution is -2.36. The van der Waals surface area contributed by atoms with Crippen LogP contribution in [0.1, 0.15) is 66.1 Å². The number of hydrogen-bond acceptors (Lipinski definition) is 7. The maximum atomic E-state index is 13.3. The van der Waals surface area contributed by atoms with Crippen LogP contribution in [0, 0.1) is 0 Å². The van der Waals surface area contributed by atoms with Crippen LogP contribution in [0.15, 0.2) is 24.4 Å². The number of benzene rings is 1. The van der Waals surface area contributed by atoms with E-state index in [0.717, 1.165) is 44.5 Å². The average Bonchev–Trinajstić information content (AvgIpc) is 3.34. The molecule has 1 aromatic carbocycles. The van der Waals surface area contributed by atoms with E-state index in [4.69, 9.17) is 9.72 Å². The van der Waals surface area contributed by atoms with Gasteiger partial charge in [-0.3, -0.25) is 0 Å². The highest BCUT2D eigenvalue weighted by Crippen LogP contribution is 2.37. The highest BCUT2D eigenvalue weighted by atomic mass is 19.4. The normalized spacial score (nSPS) is 20.4. The van der Waals surface area contributed by atoms with Gasteiger partial charge in [-0.05, 0) is 55.9 Å². The number of carbonyl (C=O) groups is 1. The first-order valence-corrected chi connectivity index (χ1v) is 12.9. The summed E-state index contributed by atoms with van der Waals surface area (Å²) in [6.45, 7) is 3.73. The third kappa shape index (κ3) is 6.74. The van der Waals surface area contributed by atoms with Crippen molar-refractivity contribution in [1.29, 1.82) is 0 Å². The van der Waals surface area contributed by atoms with Crippen molar-refractivity contribution in [3.8, 4) is 0 Å². The molecule has 3 heterocycles. The zero-order valence-electron chi connectivity index (χ0n) is 21.7. The van der Waals surface area contributed by atoms with Gasteiger partial charge in [0.1, 0.15) is 11.4 Å². The molecule has 1 N–H and O–H groups in total. The molecule has 1 aromatic heterocycles. The van der Waals surface area contributed by atoms with Gasteiger partial charge in [0.2, 0.25) is 5.95 Å². The fourth-order valence-electron chi connectivity index (χ4n) is 5.18. The number of rotatable bonds is 7. The molecule has 2 atom stereocenters. The first-order valence-electron chi connectivity index (χ1n) is 12.9. The molecule has 0 radical (unpaired) electrons. The Bertz CT molecular complexity index is 1130. The second-order valence-corrected chi connectivity index (χ2v) is 9.89. The molecule has 2 aliphatic heterocycles. The summed E-state index contributed by atoms with van der Waals surface area (Å²) in [5.41, 5.74) is -2.61. The quantitative estimate of drug-likeness (QED) is 0.358. The molecular formula is C26H31F6N5O2. The van der Waals surface area contributed by atoms with Crippen LogP contribution in [0.4, 0.5) is 38.1 Å². The number of methoxy groups -OCH3 is 1. The second-order valence-electron chi connectivity index (χ2n) is 9.89. The van der Waals surface area contributed by atoms with E-state index >= 15 is 0 Å². The van der Waals surface area contributed by atoms with Crippen molar-refractivity contribution in [3.63, 3.8) is 0 Å². The third-order valence-electron chi connectivity index (χ3n) is 7.20. The molecule has 0 spiro atoms. The lowest BCUT2D eigenvalue weighted by atomic mass is 10.0. The van der Waals surface area contributed by atoms with Gasteiger partial charge in [-0.2, -0.15) is 31.3 Å². The maximum Gasteiger partial charge on any atom is 0.416 e. The SMILES string of the molecule is CCC1C[C@H](NCc2cc(C(F)(F)F)cc(C(F)(F)F)c2)CN1c1nc(N2CCCCC2)ncc1C(=O)OC. The Hall–Kier alpha value is -3.09. The van der Waals surface area contributed by atoms with Crippen LogP contribution in [0.5, 0.6) is 0 Å². The predicted molar refractivity (Wildman–Crippen MR) is 133 cm³/mol. The van der Waals surface area contributed by atoms with Gasteiger partial charge in [0, 0.05) is 44.5 Å². The summed E-state index contributed by atoms with van der Waals surface area (Å²) in [7, 11) is 1.26. The minimum Gasteiger partial charge on any atom is -0.465 e. The van der Waals surface area contributed by atoms with Gasteiger partial charge in [-0.1, -0.05) is 6.92 Å².